The number of benzene rings is 1. The van der Waals surface area contributed by atoms with E-state index >= 15 is 0 Å². The van der Waals surface area contributed by atoms with Crippen molar-refractivity contribution >= 4 is 11.8 Å². The van der Waals surface area contributed by atoms with Crippen molar-refractivity contribution in [2.24, 2.45) is 0 Å². The van der Waals surface area contributed by atoms with Crippen molar-refractivity contribution < 1.29 is 9.59 Å². The summed E-state index contributed by atoms with van der Waals surface area (Å²) >= 11 is 0. The number of carbonyl (C=O) groups is 2. The summed E-state index contributed by atoms with van der Waals surface area (Å²) < 4.78 is 0. The molecule has 0 saturated carbocycles. The van der Waals surface area contributed by atoms with Gasteiger partial charge in [-0.05, 0) is 36.1 Å². The van der Waals surface area contributed by atoms with E-state index in [0.29, 0.717) is 31.0 Å². The second-order valence-electron chi connectivity index (χ2n) is 6.73. The van der Waals surface area contributed by atoms with Crippen LogP contribution in [0.2, 0.25) is 0 Å². The number of nitrogens with zero attached hydrogens (tertiary/aromatic N) is 3. The summed E-state index contributed by atoms with van der Waals surface area (Å²) in [6, 6.07) is 13.3. The van der Waals surface area contributed by atoms with Crippen LogP contribution in [-0.2, 0) is 13.0 Å². The molecule has 2 amide bonds. The Morgan fingerprint density at radius 3 is 2.58 bits per heavy atom. The smallest absolute Gasteiger partial charge is 0.272 e. The Labute approximate surface area is 154 Å². The van der Waals surface area contributed by atoms with Gasteiger partial charge in [0, 0.05) is 26.7 Å². The summed E-state index contributed by atoms with van der Waals surface area (Å²) in [6.07, 6.45) is 2.83. The van der Waals surface area contributed by atoms with Crippen LogP contribution in [0, 0.1) is 0 Å². The molecule has 5 nitrogen and oxygen atoms in total. The van der Waals surface area contributed by atoms with Gasteiger partial charge in [0.25, 0.3) is 11.8 Å². The van der Waals surface area contributed by atoms with E-state index in [0.717, 1.165) is 19.3 Å². The summed E-state index contributed by atoms with van der Waals surface area (Å²) in [5.41, 5.74) is 3.13. The van der Waals surface area contributed by atoms with E-state index in [4.69, 9.17) is 0 Å². The summed E-state index contributed by atoms with van der Waals surface area (Å²) in [5, 5.41) is 0. The molecule has 0 aliphatic carbocycles. The fourth-order valence-corrected chi connectivity index (χ4v) is 3.20. The highest BCUT2D eigenvalue weighted by atomic mass is 16.2. The predicted octanol–water partition coefficient (Wildman–Crippen LogP) is 3.15. The molecule has 1 aromatic carbocycles. The largest absolute Gasteiger partial charge is 0.340 e. The summed E-state index contributed by atoms with van der Waals surface area (Å²) in [7, 11) is 1.77. The molecular formula is C21H25N3O2. The minimum Gasteiger partial charge on any atom is -0.340 e. The van der Waals surface area contributed by atoms with E-state index in [9.17, 15) is 9.59 Å². The molecule has 1 aliphatic rings. The second-order valence-corrected chi connectivity index (χ2v) is 6.73. The molecule has 2 aromatic rings. The lowest BCUT2D eigenvalue weighted by Gasteiger charge is -2.28. The molecule has 0 unspecified atom stereocenters. The maximum atomic E-state index is 12.9. The van der Waals surface area contributed by atoms with Gasteiger partial charge in [-0.15, -0.1) is 0 Å². The molecule has 0 N–H and O–H groups in total. The SMILES string of the molecule is CCCCN(C)C(=O)c1cccc(C(=O)N2CCc3ccccc3C2)n1. The molecule has 1 aliphatic heterocycles. The lowest BCUT2D eigenvalue weighted by Crippen LogP contribution is -2.36. The summed E-state index contributed by atoms with van der Waals surface area (Å²) in [4.78, 5) is 33.2. The number of amides is 2. The third kappa shape index (κ3) is 3.93. The number of aromatic nitrogens is 1. The first-order valence-electron chi connectivity index (χ1n) is 9.18. The first-order valence-corrected chi connectivity index (χ1v) is 9.18. The molecule has 136 valence electrons. The monoisotopic (exact) mass is 351 g/mol. The average Bonchev–Trinajstić information content (AvgIpc) is 2.70. The maximum Gasteiger partial charge on any atom is 0.272 e. The number of hydrogen-bond acceptors (Lipinski definition) is 3. The molecule has 1 aromatic heterocycles. The van der Waals surface area contributed by atoms with Crippen LogP contribution in [0.5, 0.6) is 0 Å². The third-order valence-electron chi connectivity index (χ3n) is 4.80. The number of rotatable bonds is 5. The molecule has 0 saturated heterocycles. The van der Waals surface area contributed by atoms with Crippen molar-refractivity contribution in [1.29, 1.82) is 0 Å². The third-order valence-corrected chi connectivity index (χ3v) is 4.80. The van der Waals surface area contributed by atoms with E-state index in [1.165, 1.54) is 11.1 Å². The Morgan fingerprint density at radius 1 is 1.08 bits per heavy atom. The van der Waals surface area contributed by atoms with Gasteiger partial charge in [0.2, 0.25) is 0 Å². The number of carbonyl (C=O) groups excluding carboxylic acids is 2. The quantitative estimate of drug-likeness (QED) is 0.831. The Hall–Kier alpha value is -2.69. The fourth-order valence-electron chi connectivity index (χ4n) is 3.20. The van der Waals surface area contributed by atoms with Gasteiger partial charge in [-0.25, -0.2) is 4.98 Å². The van der Waals surface area contributed by atoms with Gasteiger partial charge in [0.05, 0.1) is 0 Å². The minimum absolute atomic E-state index is 0.120. The number of hydrogen-bond donors (Lipinski definition) is 0. The summed E-state index contributed by atoms with van der Waals surface area (Å²) in [6.45, 7) is 4.04. The molecule has 2 heterocycles. The zero-order valence-electron chi connectivity index (χ0n) is 15.4. The Bertz CT molecular complexity index is 803. The molecule has 5 heteroatoms. The molecule has 0 fully saturated rings. The van der Waals surface area contributed by atoms with Crippen molar-refractivity contribution in [2.75, 3.05) is 20.1 Å². The normalized spacial score (nSPS) is 13.2. The van der Waals surface area contributed by atoms with Crippen molar-refractivity contribution in [3.63, 3.8) is 0 Å². The van der Waals surface area contributed by atoms with Gasteiger partial charge in [-0.3, -0.25) is 9.59 Å². The van der Waals surface area contributed by atoms with E-state index in [1.54, 1.807) is 35.0 Å². The first kappa shape index (κ1) is 18.1. The standard InChI is InChI=1S/C21H25N3O2/c1-3-4-13-23(2)20(25)18-10-7-11-19(22-18)21(26)24-14-12-16-8-5-6-9-17(16)15-24/h5-11H,3-4,12-15H2,1-2H3. The van der Waals surface area contributed by atoms with Crippen molar-refractivity contribution in [2.45, 2.75) is 32.7 Å². The van der Waals surface area contributed by atoms with Crippen LogP contribution in [0.25, 0.3) is 0 Å². The highest BCUT2D eigenvalue weighted by Crippen LogP contribution is 2.20. The molecule has 0 atom stereocenters. The second kappa shape index (κ2) is 8.13. The summed E-state index contributed by atoms with van der Waals surface area (Å²) in [5.74, 6) is -0.262. The van der Waals surface area contributed by atoms with Crippen molar-refractivity contribution in [3.8, 4) is 0 Å². The molecule has 3 rings (SSSR count). The first-order chi connectivity index (χ1) is 12.6. The van der Waals surface area contributed by atoms with Crippen LogP contribution in [0.3, 0.4) is 0 Å². The average molecular weight is 351 g/mol. The van der Waals surface area contributed by atoms with Crippen LogP contribution >= 0.6 is 0 Å². The number of fused-ring (bicyclic) bond motifs is 1. The van der Waals surface area contributed by atoms with Gasteiger partial charge < -0.3 is 9.80 Å². The van der Waals surface area contributed by atoms with E-state index < -0.39 is 0 Å². The van der Waals surface area contributed by atoms with Crippen LogP contribution in [-0.4, -0.2) is 46.7 Å². The Morgan fingerprint density at radius 2 is 1.81 bits per heavy atom. The Kier molecular flexibility index (Phi) is 5.66. The van der Waals surface area contributed by atoms with E-state index in [-0.39, 0.29) is 11.8 Å². The van der Waals surface area contributed by atoms with Gasteiger partial charge in [0.1, 0.15) is 11.4 Å². The lowest BCUT2D eigenvalue weighted by molar-refractivity contribution is 0.0728. The Balaban J connectivity index is 1.74. The van der Waals surface area contributed by atoms with Crippen LogP contribution in [0.15, 0.2) is 42.5 Å². The zero-order valence-corrected chi connectivity index (χ0v) is 15.4. The number of unbranched alkanes of at least 4 members (excludes halogenated alkanes) is 1. The van der Waals surface area contributed by atoms with E-state index in [1.807, 2.05) is 12.1 Å². The maximum absolute atomic E-state index is 12.9. The van der Waals surface area contributed by atoms with Gasteiger partial charge in [0.15, 0.2) is 0 Å². The van der Waals surface area contributed by atoms with Crippen LogP contribution in [0.4, 0.5) is 0 Å². The topological polar surface area (TPSA) is 53.5 Å². The van der Waals surface area contributed by atoms with Crippen molar-refractivity contribution in [1.82, 2.24) is 14.8 Å². The van der Waals surface area contributed by atoms with Crippen molar-refractivity contribution in [3.05, 3.63) is 65.0 Å². The van der Waals surface area contributed by atoms with Crippen LogP contribution < -0.4 is 0 Å². The minimum atomic E-state index is -0.142. The molecule has 0 bridgehead atoms. The molecule has 0 spiro atoms. The molecule has 0 radical (unpaired) electrons. The predicted molar refractivity (Wildman–Crippen MR) is 101 cm³/mol. The molecule has 26 heavy (non-hydrogen) atoms. The van der Waals surface area contributed by atoms with Crippen LogP contribution in [0.1, 0.15) is 51.9 Å². The van der Waals surface area contributed by atoms with Gasteiger partial charge >= 0.3 is 0 Å². The van der Waals surface area contributed by atoms with E-state index in [2.05, 4.69) is 24.0 Å². The van der Waals surface area contributed by atoms with Gasteiger partial charge in [-0.1, -0.05) is 43.7 Å². The zero-order chi connectivity index (χ0) is 18.5. The molecular weight excluding hydrogens is 326 g/mol. The highest BCUT2D eigenvalue weighted by molar-refractivity contribution is 5.96. The number of pyridine rings is 1. The fraction of sp³-hybridized carbons (Fsp3) is 0.381. The highest BCUT2D eigenvalue weighted by Gasteiger charge is 2.23. The van der Waals surface area contributed by atoms with Gasteiger partial charge in [-0.2, -0.15) is 0 Å². The lowest BCUT2D eigenvalue weighted by atomic mass is 10.00.